The normalized spacial score (nSPS) is 15.6. The first-order valence-electron chi connectivity index (χ1n) is 10.8. The molecular weight excluding hydrogens is 398 g/mol. The van der Waals surface area contributed by atoms with Gasteiger partial charge < -0.3 is 4.52 Å². The van der Waals surface area contributed by atoms with Gasteiger partial charge in [-0.1, -0.05) is 50.1 Å². The molecule has 1 atom stereocenters. The summed E-state index contributed by atoms with van der Waals surface area (Å²) in [6, 6.07) is 0. The second-order valence-electron chi connectivity index (χ2n) is 8.06. The van der Waals surface area contributed by atoms with Crippen LogP contribution in [0.3, 0.4) is 0 Å². The Bertz CT molecular complexity index is 967. The number of carbonyl (C=O) groups excluding carboxylic acids is 1. The topological polar surface area (TPSA) is 132 Å². The average Bonchev–Trinajstić information content (AvgIpc) is 3.52. The molecule has 3 aromatic heterocycles. The van der Waals surface area contributed by atoms with Crippen LogP contribution in [0.2, 0.25) is 0 Å². The van der Waals surface area contributed by atoms with E-state index < -0.39 is 5.91 Å². The maximum absolute atomic E-state index is 11.8. The fourth-order valence-corrected chi connectivity index (χ4v) is 4.20. The van der Waals surface area contributed by atoms with E-state index in [0.29, 0.717) is 23.2 Å². The molecule has 1 fully saturated rings. The summed E-state index contributed by atoms with van der Waals surface area (Å²) in [7, 11) is 0. The first kappa shape index (κ1) is 21.1. The van der Waals surface area contributed by atoms with Crippen molar-refractivity contribution in [1.82, 2.24) is 35.1 Å². The van der Waals surface area contributed by atoms with Crippen molar-refractivity contribution in [2.24, 2.45) is 5.92 Å². The van der Waals surface area contributed by atoms with Crippen LogP contribution < -0.4 is 5.48 Å². The lowest BCUT2D eigenvalue weighted by atomic mass is 9.84. The van der Waals surface area contributed by atoms with Crippen LogP contribution in [0.4, 0.5) is 0 Å². The Labute approximate surface area is 180 Å². The van der Waals surface area contributed by atoms with Crippen LogP contribution in [0.25, 0.3) is 17.3 Å². The highest BCUT2D eigenvalue weighted by Crippen LogP contribution is 2.31. The van der Waals surface area contributed by atoms with Crippen LogP contribution in [0.15, 0.2) is 35.6 Å². The van der Waals surface area contributed by atoms with E-state index in [1.807, 2.05) is 0 Å². The fourth-order valence-electron chi connectivity index (χ4n) is 4.20. The van der Waals surface area contributed by atoms with Crippen molar-refractivity contribution in [3.05, 3.63) is 37.0 Å². The fraction of sp³-hybridized carbons (Fsp3) is 0.524. The monoisotopic (exact) mass is 425 g/mol. The molecule has 0 spiro atoms. The van der Waals surface area contributed by atoms with E-state index >= 15 is 0 Å². The number of rotatable bonds is 9. The zero-order valence-corrected chi connectivity index (χ0v) is 17.4. The van der Waals surface area contributed by atoms with Gasteiger partial charge in [0.15, 0.2) is 5.82 Å². The zero-order valence-electron chi connectivity index (χ0n) is 17.4. The van der Waals surface area contributed by atoms with Crippen LogP contribution in [-0.4, -0.2) is 40.8 Å². The summed E-state index contributed by atoms with van der Waals surface area (Å²) >= 11 is 0. The molecular formula is C21H27N7O3. The SMILES string of the molecule is O=C(CC(CCCC1CCCCC1)c1nc(-c2cncc(-n3ccnc3)n2)no1)NO. The van der Waals surface area contributed by atoms with Gasteiger partial charge in [0.25, 0.3) is 0 Å². The molecule has 1 unspecified atom stereocenters. The highest BCUT2D eigenvalue weighted by Gasteiger charge is 2.24. The number of hydroxylamine groups is 1. The molecule has 0 aromatic carbocycles. The number of hydrogen-bond donors (Lipinski definition) is 2. The number of hydrogen-bond acceptors (Lipinski definition) is 8. The summed E-state index contributed by atoms with van der Waals surface area (Å²) in [5, 5.41) is 13.0. The van der Waals surface area contributed by atoms with E-state index in [0.717, 1.165) is 25.2 Å². The summed E-state index contributed by atoms with van der Waals surface area (Å²) in [6.07, 6.45) is 17.7. The molecule has 31 heavy (non-hydrogen) atoms. The Balaban J connectivity index is 1.46. The molecule has 1 amide bonds. The number of carbonyl (C=O) groups is 1. The van der Waals surface area contributed by atoms with Crippen molar-refractivity contribution < 1.29 is 14.5 Å². The zero-order chi connectivity index (χ0) is 21.5. The minimum absolute atomic E-state index is 0.0869. The summed E-state index contributed by atoms with van der Waals surface area (Å²) in [5.74, 6) is 1.31. The van der Waals surface area contributed by atoms with Gasteiger partial charge in [-0.15, -0.1) is 0 Å². The Morgan fingerprint density at radius 1 is 1.23 bits per heavy atom. The third-order valence-corrected chi connectivity index (χ3v) is 5.86. The quantitative estimate of drug-likeness (QED) is 0.394. The predicted octanol–water partition coefficient (Wildman–Crippen LogP) is 3.44. The van der Waals surface area contributed by atoms with E-state index in [1.165, 1.54) is 32.1 Å². The standard InChI is InChI=1S/C21H27N7O3/c29-19(26-30)11-16(8-4-7-15-5-2-1-3-6-15)21-25-20(27-31-21)17-12-23-13-18(24-17)28-10-9-22-14-28/h9-10,12-16,30H,1-8,11H2,(H,26,29). The summed E-state index contributed by atoms with van der Waals surface area (Å²) in [5.41, 5.74) is 2.17. The third kappa shape index (κ3) is 5.52. The Morgan fingerprint density at radius 2 is 2.10 bits per heavy atom. The van der Waals surface area contributed by atoms with Gasteiger partial charge >= 0.3 is 0 Å². The highest BCUT2D eigenvalue weighted by atomic mass is 16.5. The van der Waals surface area contributed by atoms with Crippen molar-refractivity contribution >= 4 is 5.91 Å². The summed E-state index contributed by atoms with van der Waals surface area (Å²) in [4.78, 5) is 29.1. The second kappa shape index (κ2) is 10.3. The molecule has 1 aliphatic carbocycles. The lowest BCUT2D eigenvalue weighted by molar-refractivity contribution is -0.129. The van der Waals surface area contributed by atoms with Crippen LogP contribution in [-0.2, 0) is 4.79 Å². The maximum Gasteiger partial charge on any atom is 0.244 e. The van der Waals surface area contributed by atoms with Crippen LogP contribution >= 0.6 is 0 Å². The summed E-state index contributed by atoms with van der Waals surface area (Å²) in [6.45, 7) is 0. The van der Waals surface area contributed by atoms with Gasteiger partial charge in [0.05, 0.1) is 12.4 Å². The van der Waals surface area contributed by atoms with Crippen molar-refractivity contribution in [1.29, 1.82) is 0 Å². The van der Waals surface area contributed by atoms with Gasteiger partial charge in [0.2, 0.25) is 17.6 Å². The molecule has 4 rings (SSSR count). The molecule has 0 saturated heterocycles. The molecule has 2 N–H and O–H groups in total. The Morgan fingerprint density at radius 3 is 2.87 bits per heavy atom. The van der Waals surface area contributed by atoms with E-state index in [4.69, 9.17) is 9.73 Å². The molecule has 1 saturated carbocycles. The number of nitrogens with one attached hydrogen (secondary N) is 1. The number of imidazole rings is 1. The largest absolute Gasteiger partial charge is 0.339 e. The van der Waals surface area contributed by atoms with E-state index in [9.17, 15) is 4.79 Å². The molecule has 10 heteroatoms. The molecule has 0 radical (unpaired) electrons. The van der Waals surface area contributed by atoms with Crippen molar-refractivity contribution in [3.63, 3.8) is 0 Å². The van der Waals surface area contributed by atoms with Crippen molar-refractivity contribution in [2.75, 3.05) is 0 Å². The molecule has 1 aliphatic rings. The molecule has 10 nitrogen and oxygen atoms in total. The first-order chi connectivity index (χ1) is 15.2. The molecule has 3 aromatic rings. The highest BCUT2D eigenvalue weighted by molar-refractivity contribution is 5.75. The van der Waals surface area contributed by atoms with Crippen LogP contribution in [0.5, 0.6) is 0 Å². The summed E-state index contributed by atoms with van der Waals surface area (Å²) < 4.78 is 7.22. The van der Waals surface area contributed by atoms with Gasteiger partial charge in [-0.3, -0.25) is 19.6 Å². The Kier molecular flexibility index (Phi) is 6.98. The first-order valence-corrected chi connectivity index (χ1v) is 10.8. The predicted molar refractivity (Wildman–Crippen MR) is 110 cm³/mol. The van der Waals surface area contributed by atoms with Gasteiger partial charge in [-0.05, 0) is 12.3 Å². The van der Waals surface area contributed by atoms with E-state index in [1.54, 1.807) is 41.2 Å². The molecule has 0 aliphatic heterocycles. The Hall–Kier alpha value is -3.14. The van der Waals surface area contributed by atoms with Gasteiger partial charge in [0.1, 0.15) is 12.0 Å². The number of aromatic nitrogens is 6. The molecule has 164 valence electrons. The van der Waals surface area contributed by atoms with Gasteiger partial charge in [-0.2, -0.15) is 4.98 Å². The third-order valence-electron chi connectivity index (χ3n) is 5.86. The van der Waals surface area contributed by atoms with Crippen molar-refractivity contribution in [2.45, 2.75) is 63.7 Å². The van der Waals surface area contributed by atoms with E-state index in [2.05, 4.69) is 25.1 Å². The average molecular weight is 425 g/mol. The smallest absolute Gasteiger partial charge is 0.244 e. The maximum atomic E-state index is 11.8. The minimum atomic E-state index is -0.468. The van der Waals surface area contributed by atoms with Gasteiger partial charge in [-0.25, -0.2) is 15.4 Å². The lowest BCUT2D eigenvalue weighted by Gasteiger charge is -2.22. The molecule has 3 heterocycles. The van der Waals surface area contributed by atoms with Crippen molar-refractivity contribution in [3.8, 4) is 17.3 Å². The number of nitrogens with zero attached hydrogens (tertiary/aromatic N) is 6. The van der Waals surface area contributed by atoms with Gasteiger partial charge in [0, 0.05) is 24.7 Å². The van der Waals surface area contributed by atoms with Crippen LogP contribution in [0, 0.1) is 5.92 Å². The molecule has 0 bridgehead atoms. The number of amides is 1. The van der Waals surface area contributed by atoms with E-state index in [-0.39, 0.29) is 12.3 Å². The lowest BCUT2D eigenvalue weighted by Crippen LogP contribution is -2.21. The second-order valence-corrected chi connectivity index (χ2v) is 8.06. The van der Waals surface area contributed by atoms with Crippen LogP contribution in [0.1, 0.15) is 69.6 Å². The minimum Gasteiger partial charge on any atom is -0.339 e.